The first-order chi connectivity index (χ1) is 10.7. The van der Waals surface area contributed by atoms with E-state index < -0.39 is 0 Å². The topological polar surface area (TPSA) is 58.2 Å². The van der Waals surface area contributed by atoms with Crippen molar-refractivity contribution in [3.05, 3.63) is 42.0 Å². The van der Waals surface area contributed by atoms with E-state index >= 15 is 0 Å². The summed E-state index contributed by atoms with van der Waals surface area (Å²) in [6.45, 7) is 0.447. The number of thioether (sulfide) groups is 1. The Morgan fingerprint density at radius 3 is 2.91 bits per heavy atom. The minimum atomic E-state index is 0.0380. The molecule has 0 bridgehead atoms. The Morgan fingerprint density at radius 1 is 1.14 bits per heavy atom. The van der Waals surface area contributed by atoms with Crippen LogP contribution in [0.25, 0.3) is 0 Å². The lowest BCUT2D eigenvalue weighted by Gasteiger charge is -2.11. The number of hydrogen-bond acceptors (Lipinski definition) is 3. The number of amides is 2. The molecule has 0 aromatic heterocycles. The molecule has 0 aliphatic carbocycles. The second-order valence-corrected chi connectivity index (χ2v) is 6.94. The zero-order chi connectivity index (χ0) is 15.4. The molecule has 0 saturated carbocycles. The van der Waals surface area contributed by atoms with E-state index in [4.69, 9.17) is 0 Å². The molecule has 5 heteroatoms. The fourth-order valence-electron chi connectivity index (χ4n) is 2.55. The van der Waals surface area contributed by atoms with Crippen molar-refractivity contribution in [1.82, 2.24) is 5.32 Å². The molecule has 2 unspecified atom stereocenters. The largest absolute Gasteiger partial charge is 0.351 e. The summed E-state index contributed by atoms with van der Waals surface area (Å²) in [6, 6.07) is 7.63. The van der Waals surface area contributed by atoms with Gasteiger partial charge in [-0.25, -0.2) is 0 Å². The smallest absolute Gasteiger partial charge is 0.234 e. The Morgan fingerprint density at radius 2 is 2.00 bits per heavy atom. The number of rotatable bonds is 0. The van der Waals surface area contributed by atoms with Gasteiger partial charge in [0, 0.05) is 23.9 Å². The van der Waals surface area contributed by atoms with E-state index in [0.717, 1.165) is 30.5 Å². The molecule has 2 atom stereocenters. The van der Waals surface area contributed by atoms with Gasteiger partial charge in [0.05, 0.1) is 5.25 Å². The Bertz CT molecular complexity index is 600. The number of nitrogens with one attached hydrogen (secondary N) is 2. The van der Waals surface area contributed by atoms with Gasteiger partial charge < -0.3 is 10.6 Å². The molecule has 2 amide bonds. The first kappa shape index (κ1) is 15.2. The molecule has 3 rings (SSSR count). The average Bonchev–Trinajstić information content (AvgIpc) is 3.28. The Balaban J connectivity index is 1.73. The second kappa shape index (κ2) is 7.01. The van der Waals surface area contributed by atoms with Gasteiger partial charge in [-0.1, -0.05) is 30.4 Å². The number of para-hydroxylation sites is 1. The van der Waals surface area contributed by atoms with Crippen LogP contribution >= 0.6 is 11.8 Å². The third-order valence-electron chi connectivity index (χ3n) is 3.88. The molecule has 1 fully saturated rings. The number of carbonyl (C=O) groups is 2. The molecule has 0 spiro atoms. The molecule has 2 aliphatic rings. The molecule has 1 aromatic rings. The van der Waals surface area contributed by atoms with Gasteiger partial charge in [0.1, 0.15) is 0 Å². The summed E-state index contributed by atoms with van der Waals surface area (Å²) in [5.74, 6) is 0.117. The minimum Gasteiger partial charge on any atom is -0.351 e. The maximum atomic E-state index is 12.1. The number of allylic oxidation sites excluding steroid dienone is 1. The summed E-state index contributed by atoms with van der Waals surface area (Å²) in [4.78, 5) is 24.1. The lowest BCUT2D eigenvalue weighted by Crippen LogP contribution is -2.28. The van der Waals surface area contributed by atoms with Crippen LogP contribution in [0, 0.1) is 0 Å². The van der Waals surface area contributed by atoms with Gasteiger partial charge in [-0.3, -0.25) is 9.59 Å². The van der Waals surface area contributed by atoms with Crippen molar-refractivity contribution in [2.24, 2.45) is 0 Å². The summed E-state index contributed by atoms with van der Waals surface area (Å²) in [5, 5.41) is 6.29. The van der Waals surface area contributed by atoms with E-state index in [1.807, 2.05) is 24.3 Å². The Labute approximate surface area is 134 Å². The zero-order valence-electron chi connectivity index (χ0n) is 12.4. The number of anilines is 1. The van der Waals surface area contributed by atoms with Gasteiger partial charge >= 0.3 is 0 Å². The highest BCUT2D eigenvalue weighted by molar-refractivity contribution is 8.08. The number of carbonyl (C=O) groups excluding carboxylic acids is 2. The van der Waals surface area contributed by atoms with Gasteiger partial charge in [-0.05, 0) is 30.9 Å². The van der Waals surface area contributed by atoms with E-state index in [0.29, 0.717) is 18.2 Å². The number of benzene rings is 1. The first-order valence-corrected chi connectivity index (χ1v) is 8.66. The Kier molecular flexibility index (Phi) is 4.83. The van der Waals surface area contributed by atoms with Crippen molar-refractivity contribution in [2.45, 2.75) is 42.7 Å². The van der Waals surface area contributed by atoms with E-state index in [-0.39, 0.29) is 17.1 Å². The summed E-state index contributed by atoms with van der Waals surface area (Å²) < 4.78 is 0. The van der Waals surface area contributed by atoms with E-state index in [2.05, 4.69) is 22.8 Å². The third-order valence-corrected chi connectivity index (χ3v) is 5.11. The molecule has 2 N–H and O–H groups in total. The molecule has 0 radical (unpaired) electrons. The van der Waals surface area contributed by atoms with Crippen molar-refractivity contribution in [1.29, 1.82) is 0 Å². The highest BCUT2D eigenvalue weighted by Crippen LogP contribution is 2.42. The van der Waals surface area contributed by atoms with Crippen molar-refractivity contribution in [3.8, 4) is 0 Å². The van der Waals surface area contributed by atoms with Gasteiger partial charge in [-0.2, -0.15) is 0 Å². The van der Waals surface area contributed by atoms with Crippen LogP contribution in [-0.2, 0) is 16.1 Å². The molecule has 2 aliphatic heterocycles. The van der Waals surface area contributed by atoms with Crippen LogP contribution in [0.4, 0.5) is 5.69 Å². The van der Waals surface area contributed by atoms with Crippen molar-refractivity contribution in [3.63, 3.8) is 0 Å². The monoisotopic (exact) mass is 316 g/mol. The van der Waals surface area contributed by atoms with Crippen LogP contribution in [0.1, 0.15) is 31.2 Å². The second-order valence-electron chi connectivity index (χ2n) is 5.62. The standard InChI is InChI=1S/C17H20N2O2S/c20-15-10-4-2-1-3-9-14-16(22-14)17(21)18-11-12-7-5-6-8-13(12)19-15/h3,5-9,14,16H,1-2,4,10-11H2,(H,18,21)(H,19,20). The third kappa shape index (κ3) is 3.91. The number of fused-ring (bicyclic) bond motifs is 2. The molecular formula is C17H20N2O2S. The lowest BCUT2D eigenvalue weighted by molar-refractivity contribution is -0.120. The highest BCUT2D eigenvalue weighted by atomic mass is 32.2. The molecule has 22 heavy (non-hydrogen) atoms. The summed E-state index contributed by atoms with van der Waals surface area (Å²) in [7, 11) is 0. The summed E-state index contributed by atoms with van der Waals surface area (Å²) in [5.41, 5.74) is 1.73. The number of hydrogen-bond donors (Lipinski definition) is 2. The van der Waals surface area contributed by atoms with Crippen molar-refractivity contribution >= 4 is 29.3 Å². The highest BCUT2D eigenvalue weighted by Gasteiger charge is 2.42. The van der Waals surface area contributed by atoms with Crippen LogP contribution in [-0.4, -0.2) is 22.3 Å². The van der Waals surface area contributed by atoms with Gasteiger partial charge in [0.2, 0.25) is 11.8 Å². The van der Waals surface area contributed by atoms with Crippen LogP contribution in [0.15, 0.2) is 36.4 Å². The Hall–Kier alpha value is -1.75. The summed E-state index contributed by atoms with van der Waals surface area (Å²) in [6.07, 6.45) is 7.65. The molecule has 1 saturated heterocycles. The minimum absolute atomic E-state index is 0.0380. The van der Waals surface area contributed by atoms with E-state index in [9.17, 15) is 9.59 Å². The van der Waals surface area contributed by atoms with E-state index in [1.54, 1.807) is 11.8 Å². The lowest BCUT2D eigenvalue weighted by atomic mass is 10.1. The predicted molar refractivity (Wildman–Crippen MR) is 89.7 cm³/mol. The average molecular weight is 316 g/mol. The van der Waals surface area contributed by atoms with Crippen LogP contribution < -0.4 is 10.6 Å². The van der Waals surface area contributed by atoms with Crippen LogP contribution in [0.3, 0.4) is 0 Å². The SMILES string of the molecule is O=C1CCCCC=CC2SC2C(=O)NCc2ccccc2N1. The molecular weight excluding hydrogens is 296 g/mol. The van der Waals surface area contributed by atoms with Crippen molar-refractivity contribution in [2.75, 3.05) is 5.32 Å². The van der Waals surface area contributed by atoms with Crippen LogP contribution in [0.2, 0.25) is 0 Å². The fraction of sp³-hybridized carbons (Fsp3) is 0.412. The molecule has 4 nitrogen and oxygen atoms in total. The van der Waals surface area contributed by atoms with Gasteiger partial charge in [-0.15, -0.1) is 11.8 Å². The van der Waals surface area contributed by atoms with E-state index in [1.165, 1.54) is 0 Å². The molecule has 2 heterocycles. The molecule has 1 aromatic carbocycles. The fourth-order valence-corrected chi connectivity index (χ4v) is 3.42. The maximum Gasteiger partial charge on any atom is 0.234 e. The maximum absolute atomic E-state index is 12.1. The zero-order valence-corrected chi connectivity index (χ0v) is 13.2. The van der Waals surface area contributed by atoms with Crippen LogP contribution in [0.5, 0.6) is 0 Å². The summed E-state index contributed by atoms with van der Waals surface area (Å²) >= 11 is 1.69. The van der Waals surface area contributed by atoms with Crippen molar-refractivity contribution < 1.29 is 9.59 Å². The normalized spacial score (nSPS) is 25.8. The van der Waals surface area contributed by atoms with Gasteiger partial charge in [0.25, 0.3) is 0 Å². The quantitative estimate of drug-likeness (QED) is 0.571. The first-order valence-electron chi connectivity index (χ1n) is 7.71. The van der Waals surface area contributed by atoms with Gasteiger partial charge in [0.15, 0.2) is 0 Å². The molecule has 116 valence electrons. The predicted octanol–water partition coefficient (Wildman–Crippen LogP) is 2.86.